The molecule has 1 aromatic heterocycles. The molecule has 2 aromatic rings. The van der Waals surface area contributed by atoms with Gasteiger partial charge in [-0.15, -0.1) is 12.3 Å². The van der Waals surface area contributed by atoms with E-state index in [0.717, 1.165) is 17.6 Å². The largest absolute Gasteiger partial charge is 0.494 e. The van der Waals surface area contributed by atoms with Crippen LogP contribution in [0.3, 0.4) is 0 Å². The number of aryl methyl sites for hydroxylation is 1. The second-order valence-corrected chi connectivity index (χ2v) is 8.74. The van der Waals surface area contributed by atoms with Crippen LogP contribution in [0.1, 0.15) is 59.8 Å². The molecule has 194 valence electrons. The zero-order valence-electron chi connectivity index (χ0n) is 23.3. The summed E-state index contributed by atoms with van der Waals surface area (Å²) < 4.78 is 23.1. The molecule has 0 aliphatic carbocycles. The number of ether oxygens (including phenoxy) is 3. The van der Waals surface area contributed by atoms with Crippen LogP contribution >= 0.6 is 0 Å². The lowest BCUT2D eigenvalue weighted by Crippen LogP contribution is -2.03. The summed E-state index contributed by atoms with van der Waals surface area (Å²) in [5, 5.41) is 3.27. The van der Waals surface area contributed by atoms with Crippen LogP contribution in [-0.2, 0) is 6.42 Å². The molecular formula is C31H41NO4. The Morgan fingerprint density at radius 2 is 1.67 bits per heavy atom. The van der Waals surface area contributed by atoms with Crippen molar-refractivity contribution < 1.29 is 18.6 Å². The van der Waals surface area contributed by atoms with Crippen LogP contribution in [0.25, 0.3) is 5.70 Å². The summed E-state index contributed by atoms with van der Waals surface area (Å²) in [7, 11) is 3.26. The standard InChI is InChI=1S/C28H37NO4.C3H4/c1-11-21-14-25(30-9)28(26(15-21)31-10)29-20(8)23-12-13-27(32-23)33-24(19(6)7)16-22(17(2)3)18(4)5;1-3-2/h12-17,29H,6,8,11H2,1-5,7,9-10H3;1H,2H3/b24-16+;. The van der Waals surface area contributed by atoms with E-state index in [1.165, 1.54) is 11.1 Å². The first-order chi connectivity index (χ1) is 17.0. The van der Waals surface area contributed by atoms with E-state index in [1.54, 1.807) is 27.2 Å². The normalized spacial score (nSPS) is 10.5. The fourth-order valence-electron chi connectivity index (χ4n) is 3.42. The quantitative estimate of drug-likeness (QED) is 0.194. The molecule has 0 aliphatic rings. The van der Waals surface area contributed by atoms with E-state index in [1.807, 2.05) is 31.2 Å². The van der Waals surface area contributed by atoms with Crippen molar-refractivity contribution in [3.63, 3.8) is 0 Å². The predicted molar refractivity (Wildman–Crippen MR) is 152 cm³/mol. The molecule has 0 spiro atoms. The maximum absolute atomic E-state index is 6.05. The molecule has 0 bridgehead atoms. The van der Waals surface area contributed by atoms with Crippen LogP contribution < -0.4 is 19.5 Å². The van der Waals surface area contributed by atoms with Crippen molar-refractivity contribution in [3.8, 4) is 29.8 Å². The highest BCUT2D eigenvalue weighted by atomic mass is 16.6. The topological polar surface area (TPSA) is 52.9 Å². The number of rotatable bonds is 11. The number of benzene rings is 1. The third kappa shape index (κ3) is 8.46. The van der Waals surface area contributed by atoms with Crippen LogP contribution in [0.15, 0.2) is 70.4 Å². The molecule has 0 saturated carbocycles. The van der Waals surface area contributed by atoms with Crippen molar-refractivity contribution in [2.45, 2.75) is 54.9 Å². The molecule has 1 heterocycles. The summed E-state index contributed by atoms with van der Waals surface area (Å²) in [5.74, 6) is 5.53. The van der Waals surface area contributed by atoms with Crippen molar-refractivity contribution >= 4 is 11.4 Å². The molecule has 36 heavy (non-hydrogen) atoms. The van der Waals surface area contributed by atoms with Gasteiger partial charge in [0, 0.05) is 6.07 Å². The van der Waals surface area contributed by atoms with Gasteiger partial charge in [-0.25, -0.2) is 0 Å². The fraction of sp³-hybridized carbons (Fsp3) is 0.355. The number of methoxy groups -OCH3 is 2. The highest BCUT2D eigenvalue weighted by Gasteiger charge is 2.16. The average Bonchev–Trinajstić information content (AvgIpc) is 3.30. The number of terminal acetylenes is 1. The minimum Gasteiger partial charge on any atom is -0.494 e. The van der Waals surface area contributed by atoms with E-state index < -0.39 is 0 Å². The molecule has 1 N–H and O–H groups in total. The summed E-state index contributed by atoms with van der Waals surface area (Å²) >= 11 is 0. The number of hydrogen-bond donors (Lipinski definition) is 1. The molecular weight excluding hydrogens is 450 g/mol. The summed E-state index contributed by atoms with van der Waals surface area (Å²) in [6, 6.07) is 7.54. The second kappa shape index (κ2) is 14.6. The zero-order chi connectivity index (χ0) is 27.4. The molecule has 0 aliphatic heterocycles. The van der Waals surface area contributed by atoms with Crippen molar-refractivity contribution in [1.82, 2.24) is 0 Å². The maximum atomic E-state index is 6.05. The van der Waals surface area contributed by atoms with Gasteiger partial charge in [0.15, 0.2) is 5.76 Å². The number of hydrogen-bond acceptors (Lipinski definition) is 5. The molecule has 0 radical (unpaired) electrons. The molecule has 0 atom stereocenters. The van der Waals surface area contributed by atoms with E-state index >= 15 is 0 Å². The van der Waals surface area contributed by atoms with E-state index in [2.05, 4.69) is 65.4 Å². The molecule has 0 saturated heterocycles. The Morgan fingerprint density at radius 1 is 1.11 bits per heavy atom. The Kier molecular flexibility index (Phi) is 12.3. The number of anilines is 1. The molecule has 5 nitrogen and oxygen atoms in total. The van der Waals surface area contributed by atoms with Crippen LogP contribution in [-0.4, -0.2) is 14.2 Å². The van der Waals surface area contributed by atoms with Crippen molar-refractivity contribution in [1.29, 1.82) is 0 Å². The van der Waals surface area contributed by atoms with Gasteiger partial charge in [-0.1, -0.05) is 39.5 Å². The van der Waals surface area contributed by atoms with Crippen molar-refractivity contribution in [2.75, 3.05) is 19.5 Å². The van der Waals surface area contributed by atoms with Gasteiger partial charge in [0.2, 0.25) is 0 Å². The van der Waals surface area contributed by atoms with Gasteiger partial charge in [-0.05, 0) is 81.0 Å². The Morgan fingerprint density at radius 3 is 2.08 bits per heavy atom. The fourth-order valence-corrected chi connectivity index (χ4v) is 3.42. The van der Waals surface area contributed by atoms with Crippen LogP contribution in [0.5, 0.6) is 17.4 Å². The molecule has 5 heteroatoms. The van der Waals surface area contributed by atoms with Crippen molar-refractivity contribution in [2.24, 2.45) is 5.92 Å². The Labute approximate surface area is 217 Å². The number of allylic oxidation sites excluding steroid dienone is 4. The van der Waals surface area contributed by atoms with Gasteiger partial charge < -0.3 is 23.9 Å². The first kappa shape index (κ1) is 30.3. The van der Waals surface area contributed by atoms with Gasteiger partial charge in [0.05, 0.1) is 19.9 Å². The van der Waals surface area contributed by atoms with Gasteiger partial charge >= 0.3 is 0 Å². The van der Waals surface area contributed by atoms with Gasteiger partial charge in [-0.2, -0.15) is 0 Å². The summed E-state index contributed by atoms with van der Waals surface area (Å²) in [5.41, 5.74) is 5.62. The smallest absolute Gasteiger partial charge is 0.290 e. The minimum absolute atomic E-state index is 0.360. The zero-order valence-corrected chi connectivity index (χ0v) is 23.3. The molecule has 0 amide bonds. The summed E-state index contributed by atoms with van der Waals surface area (Å²) in [6.07, 6.45) is 7.50. The van der Waals surface area contributed by atoms with E-state index in [4.69, 9.17) is 18.6 Å². The predicted octanol–water partition coefficient (Wildman–Crippen LogP) is 8.41. The minimum atomic E-state index is 0.360. The highest BCUT2D eigenvalue weighted by molar-refractivity contribution is 5.80. The van der Waals surface area contributed by atoms with E-state index in [-0.39, 0.29) is 0 Å². The van der Waals surface area contributed by atoms with Gasteiger partial charge in [0.1, 0.15) is 22.9 Å². The molecule has 1 aromatic carbocycles. The van der Waals surface area contributed by atoms with E-state index in [0.29, 0.717) is 46.3 Å². The number of furan rings is 1. The lowest BCUT2D eigenvalue weighted by atomic mass is 9.97. The average molecular weight is 492 g/mol. The third-order valence-corrected chi connectivity index (χ3v) is 5.25. The van der Waals surface area contributed by atoms with Crippen LogP contribution in [0.2, 0.25) is 0 Å². The molecule has 0 unspecified atom stereocenters. The Hall–Kier alpha value is -3.78. The monoisotopic (exact) mass is 491 g/mol. The maximum Gasteiger partial charge on any atom is 0.290 e. The SMILES string of the molecule is C#CC.C=C(C)/C(=C\C(=C(C)C)C(C)C)Oc1ccc(C(=C)Nc2c(OC)cc(CC)cc2OC)o1. The summed E-state index contributed by atoms with van der Waals surface area (Å²) in [6.45, 7) is 22.3. The van der Waals surface area contributed by atoms with Gasteiger partial charge in [0.25, 0.3) is 5.95 Å². The number of nitrogens with one attached hydrogen (secondary N) is 1. The summed E-state index contributed by atoms with van der Waals surface area (Å²) in [4.78, 5) is 0. The molecule has 0 fully saturated rings. The van der Waals surface area contributed by atoms with Crippen molar-refractivity contribution in [3.05, 3.63) is 77.3 Å². The lowest BCUT2D eigenvalue weighted by Gasteiger charge is -2.17. The first-order valence-corrected chi connectivity index (χ1v) is 11.9. The second-order valence-electron chi connectivity index (χ2n) is 8.74. The Bertz CT molecular complexity index is 1130. The molecule has 2 rings (SSSR count). The highest BCUT2D eigenvalue weighted by Crippen LogP contribution is 2.38. The Balaban J connectivity index is 0.00000205. The van der Waals surface area contributed by atoms with Gasteiger partial charge in [-0.3, -0.25) is 0 Å². The third-order valence-electron chi connectivity index (χ3n) is 5.25. The van der Waals surface area contributed by atoms with Crippen LogP contribution in [0, 0.1) is 18.3 Å². The first-order valence-electron chi connectivity index (χ1n) is 11.9. The van der Waals surface area contributed by atoms with E-state index in [9.17, 15) is 0 Å². The van der Waals surface area contributed by atoms with Crippen LogP contribution in [0.4, 0.5) is 5.69 Å². The lowest BCUT2D eigenvalue weighted by molar-refractivity contribution is 0.317.